The van der Waals surface area contributed by atoms with Crippen LogP contribution in [0.15, 0.2) is 30.3 Å². The smallest absolute Gasteiger partial charge is 0.410 e. The van der Waals surface area contributed by atoms with Gasteiger partial charge in [0, 0.05) is 18.5 Å². The molecule has 1 heterocycles. The number of nitriles is 1. The largest absolute Gasteiger partial charge is 0.480 e. The van der Waals surface area contributed by atoms with Gasteiger partial charge in [-0.15, -0.1) is 0 Å². The fourth-order valence-electron chi connectivity index (χ4n) is 3.34. The molecular formula is C19H24N2O4. The zero-order valence-electron chi connectivity index (χ0n) is 14.9. The van der Waals surface area contributed by atoms with Gasteiger partial charge in [-0.05, 0) is 39.2 Å². The Kier molecular flexibility index (Phi) is 5.36. The van der Waals surface area contributed by atoms with Crippen LogP contribution in [-0.2, 0) is 14.9 Å². The number of hydrogen-bond donors (Lipinski definition) is 1. The number of amides is 1. The topological polar surface area (TPSA) is 90.6 Å². The number of carboxylic acid groups (broad SMARTS) is 1. The Morgan fingerprint density at radius 1 is 1.24 bits per heavy atom. The second-order valence-electron chi connectivity index (χ2n) is 7.39. The van der Waals surface area contributed by atoms with E-state index in [1.165, 1.54) is 0 Å². The summed E-state index contributed by atoms with van der Waals surface area (Å²) in [7, 11) is 0. The molecule has 0 aromatic heterocycles. The minimum absolute atomic E-state index is 0.356. The molecule has 0 aliphatic carbocycles. The first-order chi connectivity index (χ1) is 11.7. The van der Waals surface area contributed by atoms with Crippen LogP contribution in [0.3, 0.4) is 0 Å². The zero-order chi connectivity index (χ0) is 18.7. The molecule has 0 bridgehead atoms. The van der Waals surface area contributed by atoms with Crippen LogP contribution in [0.4, 0.5) is 4.79 Å². The molecule has 1 saturated heterocycles. The van der Waals surface area contributed by atoms with E-state index in [0.29, 0.717) is 25.9 Å². The van der Waals surface area contributed by atoms with Gasteiger partial charge >= 0.3 is 12.1 Å². The molecule has 0 spiro atoms. The highest BCUT2D eigenvalue weighted by molar-refractivity contribution is 5.76. The molecule has 1 fully saturated rings. The Morgan fingerprint density at radius 3 is 2.24 bits per heavy atom. The third kappa shape index (κ3) is 4.11. The van der Waals surface area contributed by atoms with E-state index in [4.69, 9.17) is 4.74 Å². The fourth-order valence-corrected chi connectivity index (χ4v) is 3.34. The van der Waals surface area contributed by atoms with Gasteiger partial charge in [0.25, 0.3) is 0 Å². The van der Waals surface area contributed by atoms with E-state index >= 15 is 0 Å². The Morgan fingerprint density at radius 2 is 1.80 bits per heavy atom. The van der Waals surface area contributed by atoms with Crippen molar-refractivity contribution in [1.82, 2.24) is 4.90 Å². The number of aliphatic carboxylic acids is 1. The van der Waals surface area contributed by atoms with E-state index in [1.54, 1.807) is 25.7 Å². The van der Waals surface area contributed by atoms with Crippen LogP contribution in [0.5, 0.6) is 0 Å². The van der Waals surface area contributed by atoms with Crippen LogP contribution in [0.2, 0.25) is 0 Å². The maximum Gasteiger partial charge on any atom is 0.410 e. The van der Waals surface area contributed by atoms with E-state index in [0.717, 1.165) is 5.56 Å². The molecular weight excluding hydrogens is 320 g/mol. The van der Waals surface area contributed by atoms with E-state index in [1.807, 2.05) is 36.4 Å². The lowest BCUT2D eigenvalue weighted by Gasteiger charge is -2.43. The van der Waals surface area contributed by atoms with Crippen molar-refractivity contribution in [3.8, 4) is 6.07 Å². The van der Waals surface area contributed by atoms with Crippen LogP contribution in [0, 0.1) is 17.2 Å². The SMILES string of the molecule is CC(C)(C)OC(=O)N1CCC(c2ccccc2)(C(C#N)C(=O)O)CC1. The van der Waals surface area contributed by atoms with Crippen molar-refractivity contribution in [2.45, 2.75) is 44.6 Å². The Balaban J connectivity index is 2.26. The van der Waals surface area contributed by atoms with Crippen molar-refractivity contribution < 1.29 is 19.4 Å². The molecule has 1 aromatic rings. The van der Waals surface area contributed by atoms with Gasteiger partial charge in [-0.2, -0.15) is 5.26 Å². The van der Waals surface area contributed by atoms with Gasteiger partial charge < -0.3 is 14.7 Å². The summed E-state index contributed by atoms with van der Waals surface area (Å²) in [5, 5.41) is 19.0. The number of carboxylic acids is 1. The van der Waals surface area contributed by atoms with Crippen molar-refractivity contribution in [3.05, 3.63) is 35.9 Å². The number of rotatable bonds is 3. The molecule has 1 aliphatic rings. The van der Waals surface area contributed by atoms with Crippen LogP contribution in [-0.4, -0.2) is 40.8 Å². The van der Waals surface area contributed by atoms with Crippen LogP contribution < -0.4 is 0 Å². The standard InChI is InChI=1S/C19H24N2O4/c1-18(2,3)25-17(24)21-11-9-19(10-12-21,15(13-20)16(22)23)14-7-5-4-6-8-14/h4-8,15H,9-12H2,1-3H3,(H,22,23). The van der Waals surface area contributed by atoms with Crippen molar-refractivity contribution in [2.75, 3.05) is 13.1 Å². The molecule has 2 rings (SSSR count). The molecule has 1 aliphatic heterocycles. The van der Waals surface area contributed by atoms with Crippen molar-refractivity contribution >= 4 is 12.1 Å². The van der Waals surface area contributed by atoms with Crippen LogP contribution in [0.25, 0.3) is 0 Å². The van der Waals surface area contributed by atoms with Gasteiger partial charge in [0.1, 0.15) is 5.60 Å². The normalized spacial score (nSPS) is 18.1. The number of carbonyl (C=O) groups excluding carboxylic acids is 1. The Hall–Kier alpha value is -2.55. The van der Waals surface area contributed by atoms with Crippen LogP contribution in [0.1, 0.15) is 39.2 Å². The van der Waals surface area contributed by atoms with E-state index < -0.39 is 29.0 Å². The first-order valence-corrected chi connectivity index (χ1v) is 8.35. The lowest BCUT2D eigenvalue weighted by Crippen LogP contribution is -2.51. The molecule has 134 valence electrons. The third-order valence-electron chi connectivity index (χ3n) is 4.58. The van der Waals surface area contributed by atoms with Crippen molar-refractivity contribution in [3.63, 3.8) is 0 Å². The minimum atomic E-state index is -1.16. The van der Waals surface area contributed by atoms with Gasteiger partial charge in [-0.1, -0.05) is 30.3 Å². The second kappa shape index (κ2) is 7.14. The summed E-state index contributed by atoms with van der Waals surface area (Å²) in [6, 6.07) is 11.2. The Labute approximate surface area is 148 Å². The quantitative estimate of drug-likeness (QED) is 0.909. The monoisotopic (exact) mass is 344 g/mol. The summed E-state index contributed by atoms with van der Waals surface area (Å²) in [6.07, 6.45) is 0.402. The maximum atomic E-state index is 12.3. The van der Waals surface area contributed by atoms with E-state index in [9.17, 15) is 20.0 Å². The summed E-state index contributed by atoms with van der Waals surface area (Å²) < 4.78 is 5.39. The molecule has 25 heavy (non-hydrogen) atoms. The number of piperidine rings is 1. The molecule has 0 radical (unpaired) electrons. The van der Waals surface area contributed by atoms with E-state index in [-0.39, 0.29) is 0 Å². The minimum Gasteiger partial charge on any atom is -0.480 e. The average molecular weight is 344 g/mol. The molecule has 0 saturated carbocycles. The predicted molar refractivity (Wildman–Crippen MR) is 91.9 cm³/mol. The number of hydrogen-bond acceptors (Lipinski definition) is 4. The number of likely N-dealkylation sites (tertiary alicyclic amines) is 1. The molecule has 1 unspecified atom stereocenters. The van der Waals surface area contributed by atoms with Gasteiger partial charge in [-0.3, -0.25) is 4.79 Å². The predicted octanol–water partition coefficient (Wildman–Crippen LogP) is 3.18. The number of benzene rings is 1. The number of ether oxygens (including phenoxy) is 1. The summed E-state index contributed by atoms with van der Waals surface area (Å²) in [4.78, 5) is 25.5. The highest BCUT2D eigenvalue weighted by Gasteiger charge is 2.47. The maximum absolute atomic E-state index is 12.3. The fraction of sp³-hybridized carbons (Fsp3) is 0.526. The molecule has 6 nitrogen and oxygen atoms in total. The summed E-state index contributed by atoms with van der Waals surface area (Å²) >= 11 is 0. The highest BCUT2D eigenvalue weighted by atomic mass is 16.6. The molecule has 1 atom stereocenters. The first kappa shape index (κ1) is 18.8. The average Bonchev–Trinajstić information content (AvgIpc) is 2.55. The van der Waals surface area contributed by atoms with Crippen molar-refractivity contribution in [1.29, 1.82) is 5.26 Å². The molecule has 1 amide bonds. The highest BCUT2D eigenvalue weighted by Crippen LogP contribution is 2.42. The number of nitrogens with zero attached hydrogens (tertiary/aromatic N) is 2. The first-order valence-electron chi connectivity index (χ1n) is 8.35. The van der Waals surface area contributed by atoms with Crippen LogP contribution >= 0.6 is 0 Å². The second-order valence-corrected chi connectivity index (χ2v) is 7.39. The summed E-state index contributed by atoms with van der Waals surface area (Å²) in [5.41, 5.74) is -0.561. The summed E-state index contributed by atoms with van der Waals surface area (Å²) in [6.45, 7) is 6.13. The van der Waals surface area contributed by atoms with Crippen molar-refractivity contribution in [2.24, 2.45) is 5.92 Å². The molecule has 1 N–H and O–H groups in total. The lowest BCUT2D eigenvalue weighted by molar-refractivity contribution is -0.142. The van der Waals surface area contributed by atoms with Gasteiger partial charge in [0.05, 0.1) is 6.07 Å². The Bertz CT molecular complexity index is 665. The third-order valence-corrected chi connectivity index (χ3v) is 4.58. The van der Waals surface area contributed by atoms with Gasteiger partial charge in [0.2, 0.25) is 0 Å². The zero-order valence-corrected chi connectivity index (χ0v) is 14.9. The van der Waals surface area contributed by atoms with Gasteiger partial charge in [0.15, 0.2) is 5.92 Å². The van der Waals surface area contributed by atoms with Gasteiger partial charge in [-0.25, -0.2) is 4.79 Å². The molecule has 1 aromatic carbocycles. The van der Waals surface area contributed by atoms with E-state index in [2.05, 4.69) is 0 Å². The molecule has 6 heteroatoms. The lowest BCUT2D eigenvalue weighted by atomic mass is 9.65. The summed E-state index contributed by atoms with van der Waals surface area (Å²) in [5.74, 6) is -2.28. The number of carbonyl (C=O) groups is 2.